The van der Waals surface area contributed by atoms with E-state index in [0.29, 0.717) is 12.3 Å². The van der Waals surface area contributed by atoms with Crippen LogP contribution in [0.4, 0.5) is 0 Å². The number of rotatable bonds is 9. The lowest BCUT2D eigenvalue weighted by molar-refractivity contribution is -0.142. The predicted molar refractivity (Wildman–Crippen MR) is 134 cm³/mol. The molecule has 2 aromatic carbocycles. The monoisotopic (exact) mass is 466 g/mol. The molecule has 1 N–H and O–H groups in total. The van der Waals surface area contributed by atoms with Crippen molar-refractivity contribution in [2.75, 3.05) is 13.7 Å². The molecule has 0 unspecified atom stereocenters. The Morgan fingerprint density at radius 3 is 2.32 bits per heavy atom. The van der Waals surface area contributed by atoms with Crippen LogP contribution >= 0.6 is 0 Å². The summed E-state index contributed by atoms with van der Waals surface area (Å²) in [6, 6.07) is 14.9. The van der Waals surface area contributed by atoms with E-state index in [4.69, 9.17) is 9.47 Å². The Balaban J connectivity index is 1.76. The Bertz CT molecular complexity index is 959. The number of nitrogens with zero attached hydrogens (tertiary/aromatic N) is 1. The Morgan fingerprint density at radius 1 is 1.06 bits per heavy atom. The van der Waals surface area contributed by atoms with E-state index in [9.17, 15) is 9.59 Å². The zero-order valence-electron chi connectivity index (χ0n) is 21.1. The number of hydrogen-bond acceptors (Lipinski definition) is 4. The SMILES string of the molecule is COc1ccc(CN(C(=O)COc2ccccc2C(C)(C)C)[C@@H](C)C(=O)NC2CCCC2)cc1. The van der Waals surface area contributed by atoms with Crippen molar-refractivity contribution in [1.82, 2.24) is 10.2 Å². The van der Waals surface area contributed by atoms with Crippen LogP contribution in [0.2, 0.25) is 0 Å². The van der Waals surface area contributed by atoms with E-state index in [-0.39, 0.29) is 29.9 Å². The Labute approximate surface area is 203 Å². The zero-order chi connectivity index (χ0) is 24.7. The summed E-state index contributed by atoms with van der Waals surface area (Å²) in [6.07, 6.45) is 4.26. The molecule has 0 aromatic heterocycles. The molecule has 0 radical (unpaired) electrons. The molecule has 2 amide bonds. The molecule has 6 heteroatoms. The molecule has 0 aliphatic heterocycles. The minimum Gasteiger partial charge on any atom is -0.497 e. The minimum absolute atomic E-state index is 0.114. The van der Waals surface area contributed by atoms with Gasteiger partial charge in [-0.25, -0.2) is 0 Å². The molecule has 0 saturated heterocycles. The van der Waals surface area contributed by atoms with Gasteiger partial charge < -0.3 is 19.7 Å². The van der Waals surface area contributed by atoms with Gasteiger partial charge in [-0.05, 0) is 54.5 Å². The normalized spacial score (nSPS) is 15.0. The Morgan fingerprint density at radius 2 is 1.71 bits per heavy atom. The van der Waals surface area contributed by atoms with Crippen molar-refractivity contribution in [3.63, 3.8) is 0 Å². The summed E-state index contributed by atoms with van der Waals surface area (Å²) in [7, 11) is 1.62. The van der Waals surface area contributed by atoms with Crippen LogP contribution in [0.3, 0.4) is 0 Å². The summed E-state index contributed by atoms with van der Waals surface area (Å²) in [4.78, 5) is 28.0. The fourth-order valence-electron chi connectivity index (χ4n) is 4.34. The third kappa shape index (κ3) is 6.75. The summed E-state index contributed by atoms with van der Waals surface area (Å²) in [5.74, 6) is 1.09. The van der Waals surface area contributed by atoms with E-state index < -0.39 is 6.04 Å². The van der Waals surface area contributed by atoms with Crippen LogP contribution in [0.5, 0.6) is 11.5 Å². The number of methoxy groups -OCH3 is 1. The quantitative estimate of drug-likeness (QED) is 0.574. The predicted octanol–water partition coefficient (Wildman–Crippen LogP) is 4.85. The molecule has 3 rings (SSSR count). The standard InChI is InChI=1S/C28H38N2O4/c1-20(27(32)29-22-10-6-7-11-22)30(18-21-14-16-23(33-5)17-15-21)26(31)19-34-25-13-9-8-12-24(25)28(2,3)4/h8-9,12-17,20,22H,6-7,10-11,18-19H2,1-5H3,(H,29,32)/t20-/m0/s1. The van der Waals surface area contributed by atoms with E-state index in [1.807, 2.05) is 48.5 Å². The first kappa shape index (κ1) is 25.6. The van der Waals surface area contributed by atoms with E-state index in [0.717, 1.165) is 42.6 Å². The second-order valence-electron chi connectivity index (χ2n) is 10.1. The average Bonchev–Trinajstić information content (AvgIpc) is 3.33. The van der Waals surface area contributed by atoms with Crippen LogP contribution in [0.1, 0.15) is 64.5 Å². The molecular formula is C28H38N2O4. The van der Waals surface area contributed by atoms with Crippen LogP contribution in [0, 0.1) is 0 Å². The van der Waals surface area contributed by atoms with Gasteiger partial charge in [-0.2, -0.15) is 0 Å². The summed E-state index contributed by atoms with van der Waals surface area (Å²) >= 11 is 0. The van der Waals surface area contributed by atoms with Gasteiger partial charge in [0.15, 0.2) is 6.61 Å². The topological polar surface area (TPSA) is 67.9 Å². The lowest BCUT2D eigenvalue weighted by atomic mass is 9.86. The van der Waals surface area contributed by atoms with Crippen molar-refractivity contribution in [1.29, 1.82) is 0 Å². The number of ether oxygens (including phenoxy) is 2. The maximum Gasteiger partial charge on any atom is 0.261 e. The smallest absolute Gasteiger partial charge is 0.261 e. The fraction of sp³-hybridized carbons (Fsp3) is 0.500. The Kier molecular flexibility index (Phi) is 8.59. The maximum atomic E-state index is 13.4. The second-order valence-corrected chi connectivity index (χ2v) is 10.1. The van der Waals surface area contributed by atoms with Crippen molar-refractivity contribution < 1.29 is 19.1 Å². The number of carbonyl (C=O) groups excluding carboxylic acids is 2. The molecule has 6 nitrogen and oxygen atoms in total. The molecule has 0 spiro atoms. The van der Waals surface area contributed by atoms with Gasteiger partial charge in [-0.3, -0.25) is 9.59 Å². The van der Waals surface area contributed by atoms with Gasteiger partial charge in [0, 0.05) is 12.6 Å². The molecule has 184 valence electrons. The summed E-state index contributed by atoms with van der Waals surface area (Å²) in [5.41, 5.74) is 1.85. The van der Waals surface area contributed by atoms with Gasteiger partial charge in [-0.15, -0.1) is 0 Å². The Hall–Kier alpha value is -3.02. The molecule has 34 heavy (non-hydrogen) atoms. The van der Waals surface area contributed by atoms with Gasteiger partial charge in [0.1, 0.15) is 17.5 Å². The van der Waals surface area contributed by atoms with Crippen molar-refractivity contribution >= 4 is 11.8 Å². The molecule has 1 saturated carbocycles. The molecule has 0 bridgehead atoms. The second kappa shape index (κ2) is 11.4. The molecule has 0 heterocycles. The number of carbonyl (C=O) groups is 2. The van der Waals surface area contributed by atoms with Crippen molar-refractivity contribution in [2.24, 2.45) is 0 Å². The third-order valence-corrected chi connectivity index (χ3v) is 6.43. The van der Waals surface area contributed by atoms with Crippen LogP contribution in [0.25, 0.3) is 0 Å². The van der Waals surface area contributed by atoms with Gasteiger partial charge >= 0.3 is 0 Å². The maximum absolute atomic E-state index is 13.4. The highest BCUT2D eigenvalue weighted by molar-refractivity contribution is 5.88. The number of para-hydroxylation sites is 1. The van der Waals surface area contributed by atoms with E-state index >= 15 is 0 Å². The van der Waals surface area contributed by atoms with Crippen molar-refractivity contribution in [3.8, 4) is 11.5 Å². The van der Waals surface area contributed by atoms with Crippen LogP contribution in [-0.4, -0.2) is 42.5 Å². The summed E-state index contributed by atoms with van der Waals surface area (Å²) in [6.45, 7) is 8.30. The first-order chi connectivity index (χ1) is 16.2. The average molecular weight is 467 g/mol. The first-order valence-corrected chi connectivity index (χ1v) is 12.1. The van der Waals surface area contributed by atoms with Gasteiger partial charge in [0.2, 0.25) is 5.91 Å². The van der Waals surface area contributed by atoms with Crippen molar-refractivity contribution in [2.45, 2.75) is 77.4 Å². The highest BCUT2D eigenvalue weighted by Gasteiger charge is 2.29. The molecule has 1 aliphatic rings. The van der Waals surface area contributed by atoms with Gasteiger partial charge in [0.05, 0.1) is 7.11 Å². The van der Waals surface area contributed by atoms with Crippen molar-refractivity contribution in [3.05, 3.63) is 59.7 Å². The van der Waals surface area contributed by atoms with E-state index in [1.54, 1.807) is 18.9 Å². The first-order valence-electron chi connectivity index (χ1n) is 12.1. The lowest BCUT2D eigenvalue weighted by Gasteiger charge is -2.30. The molecule has 2 aromatic rings. The van der Waals surface area contributed by atoms with Gasteiger partial charge in [-0.1, -0.05) is 63.9 Å². The molecule has 1 aliphatic carbocycles. The fourth-order valence-corrected chi connectivity index (χ4v) is 4.34. The van der Waals surface area contributed by atoms with E-state index in [2.05, 4.69) is 26.1 Å². The number of amides is 2. The van der Waals surface area contributed by atoms with Crippen LogP contribution in [0.15, 0.2) is 48.5 Å². The molecular weight excluding hydrogens is 428 g/mol. The minimum atomic E-state index is -0.614. The van der Waals surface area contributed by atoms with Crippen LogP contribution < -0.4 is 14.8 Å². The lowest BCUT2D eigenvalue weighted by Crippen LogP contribution is -2.50. The molecule has 1 atom stereocenters. The van der Waals surface area contributed by atoms with Crippen LogP contribution in [-0.2, 0) is 21.5 Å². The largest absolute Gasteiger partial charge is 0.497 e. The number of nitrogens with one attached hydrogen (secondary N) is 1. The third-order valence-electron chi connectivity index (χ3n) is 6.43. The summed E-state index contributed by atoms with van der Waals surface area (Å²) < 4.78 is 11.2. The van der Waals surface area contributed by atoms with E-state index in [1.165, 1.54) is 0 Å². The van der Waals surface area contributed by atoms with Gasteiger partial charge in [0.25, 0.3) is 5.91 Å². The highest BCUT2D eigenvalue weighted by atomic mass is 16.5. The zero-order valence-corrected chi connectivity index (χ0v) is 21.1. The number of hydrogen-bond donors (Lipinski definition) is 1. The molecule has 1 fully saturated rings. The summed E-state index contributed by atoms with van der Waals surface area (Å²) in [5, 5.41) is 3.13. The highest BCUT2D eigenvalue weighted by Crippen LogP contribution is 2.31. The number of benzene rings is 2.